The Morgan fingerprint density at radius 1 is 1.35 bits per heavy atom. The Morgan fingerprint density at radius 3 is 3.00 bits per heavy atom. The fourth-order valence-corrected chi connectivity index (χ4v) is 3.08. The number of pyridine rings is 1. The second kappa shape index (κ2) is 5.72. The highest BCUT2D eigenvalue weighted by Gasteiger charge is 2.20. The molecular formula is C15H13BrClNO2. The quantitative estimate of drug-likeness (QED) is 0.913. The Balaban J connectivity index is 1.88. The van der Waals surface area contributed by atoms with Crippen LogP contribution in [0.4, 0.5) is 0 Å². The third kappa shape index (κ3) is 2.82. The summed E-state index contributed by atoms with van der Waals surface area (Å²) in [6.45, 7) is 0.678. The molecule has 1 unspecified atom stereocenters. The summed E-state index contributed by atoms with van der Waals surface area (Å²) in [6, 6.07) is 5.66. The van der Waals surface area contributed by atoms with E-state index in [0.717, 1.165) is 33.3 Å². The van der Waals surface area contributed by atoms with Crippen LogP contribution in [-0.4, -0.2) is 16.7 Å². The molecule has 1 aliphatic heterocycles. The van der Waals surface area contributed by atoms with Gasteiger partial charge in [0.25, 0.3) is 0 Å². The number of aliphatic hydroxyl groups excluding tert-OH is 1. The molecule has 5 heteroatoms. The third-order valence-corrected chi connectivity index (χ3v) is 4.00. The first kappa shape index (κ1) is 13.9. The molecule has 0 bridgehead atoms. The first-order valence-corrected chi connectivity index (χ1v) is 7.53. The summed E-state index contributed by atoms with van der Waals surface area (Å²) in [7, 11) is 0. The molecule has 0 fully saturated rings. The zero-order chi connectivity index (χ0) is 14.1. The number of benzene rings is 1. The molecule has 3 rings (SSSR count). The van der Waals surface area contributed by atoms with E-state index in [1.165, 1.54) is 0 Å². The molecule has 104 valence electrons. The summed E-state index contributed by atoms with van der Waals surface area (Å²) in [5, 5.41) is 11.0. The molecule has 0 aliphatic carbocycles. The average Bonchev–Trinajstić information content (AvgIpc) is 2.86. The van der Waals surface area contributed by atoms with E-state index in [1.54, 1.807) is 12.4 Å². The summed E-state index contributed by atoms with van der Waals surface area (Å²) < 4.78 is 6.50. The van der Waals surface area contributed by atoms with Gasteiger partial charge in [0.1, 0.15) is 5.75 Å². The molecule has 3 nitrogen and oxygen atoms in total. The van der Waals surface area contributed by atoms with Crippen LogP contribution >= 0.6 is 27.5 Å². The van der Waals surface area contributed by atoms with Crippen LogP contribution < -0.4 is 4.74 Å². The number of ether oxygens (including phenoxy) is 1. The standard InChI is InChI=1S/C15H13BrClNO2/c16-12-3-11(7-18-8-12)14(19)6-10-5-13(17)4-9-1-2-20-15(9)10/h3-5,7-8,14,19H,1-2,6H2. The van der Waals surface area contributed by atoms with Crippen molar-refractivity contribution in [2.75, 3.05) is 6.61 Å². The highest BCUT2D eigenvalue weighted by molar-refractivity contribution is 9.10. The number of hydrogen-bond acceptors (Lipinski definition) is 3. The van der Waals surface area contributed by atoms with E-state index >= 15 is 0 Å². The molecule has 2 aromatic rings. The van der Waals surface area contributed by atoms with Crippen molar-refractivity contribution in [3.63, 3.8) is 0 Å². The van der Waals surface area contributed by atoms with Crippen LogP contribution in [0.3, 0.4) is 0 Å². The van der Waals surface area contributed by atoms with E-state index in [9.17, 15) is 5.11 Å². The fourth-order valence-electron chi connectivity index (χ4n) is 2.43. The summed E-state index contributed by atoms with van der Waals surface area (Å²) in [4.78, 5) is 4.07. The lowest BCUT2D eigenvalue weighted by molar-refractivity contribution is 0.176. The van der Waals surface area contributed by atoms with Crippen LogP contribution in [0.2, 0.25) is 5.02 Å². The molecule has 2 heterocycles. The van der Waals surface area contributed by atoms with Crippen LogP contribution in [0.5, 0.6) is 5.75 Å². The predicted octanol–water partition coefficient (Wildman–Crippen LogP) is 3.71. The number of hydrogen-bond donors (Lipinski definition) is 1. The number of fused-ring (bicyclic) bond motifs is 1. The van der Waals surface area contributed by atoms with Crippen molar-refractivity contribution in [3.8, 4) is 5.75 Å². The van der Waals surface area contributed by atoms with Crippen molar-refractivity contribution >= 4 is 27.5 Å². The van der Waals surface area contributed by atoms with Gasteiger partial charge in [0.15, 0.2) is 0 Å². The Bertz CT molecular complexity index is 648. The predicted molar refractivity (Wildman–Crippen MR) is 81.3 cm³/mol. The Kier molecular flexibility index (Phi) is 3.96. The van der Waals surface area contributed by atoms with E-state index in [0.29, 0.717) is 18.1 Å². The van der Waals surface area contributed by atoms with Gasteiger partial charge >= 0.3 is 0 Å². The molecule has 1 aliphatic rings. The van der Waals surface area contributed by atoms with E-state index in [1.807, 2.05) is 18.2 Å². The van der Waals surface area contributed by atoms with Crippen molar-refractivity contribution in [2.24, 2.45) is 0 Å². The first-order valence-electron chi connectivity index (χ1n) is 6.36. The summed E-state index contributed by atoms with van der Waals surface area (Å²) >= 11 is 9.48. The highest BCUT2D eigenvalue weighted by Crippen LogP contribution is 2.35. The number of aliphatic hydroxyl groups is 1. The van der Waals surface area contributed by atoms with Crippen LogP contribution in [0.25, 0.3) is 0 Å². The number of halogens is 2. The molecule has 0 saturated carbocycles. The van der Waals surface area contributed by atoms with E-state index < -0.39 is 6.10 Å². The van der Waals surface area contributed by atoms with Crippen molar-refractivity contribution in [1.29, 1.82) is 0 Å². The monoisotopic (exact) mass is 353 g/mol. The molecular weight excluding hydrogens is 342 g/mol. The van der Waals surface area contributed by atoms with Gasteiger partial charge in [-0.25, -0.2) is 0 Å². The van der Waals surface area contributed by atoms with Crippen LogP contribution in [0, 0.1) is 0 Å². The van der Waals surface area contributed by atoms with Gasteiger partial charge in [0, 0.05) is 40.3 Å². The smallest absolute Gasteiger partial charge is 0.126 e. The van der Waals surface area contributed by atoms with Gasteiger partial charge in [0.2, 0.25) is 0 Å². The number of aromatic nitrogens is 1. The topological polar surface area (TPSA) is 42.4 Å². The minimum atomic E-state index is -0.633. The summed E-state index contributed by atoms with van der Waals surface area (Å²) in [6.07, 6.45) is 4.06. The lowest BCUT2D eigenvalue weighted by Gasteiger charge is -2.14. The van der Waals surface area contributed by atoms with Gasteiger partial charge in [0.05, 0.1) is 12.7 Å². The molecule has 1 aromatic heterocycles. The van der Waals surface area contributed by atoms with Gasteiger partial charge in [-0.3, -0.25) is 4.98 Å². The average molecular weight is 355 g/mol. The van der Waals surface area contributed by atoms with E-state index in [-0.39, 0.29) is 0 Å². The third-order valence-electron chi connectivity index (χ3n) is 3.35. The highest BCUT2D eigenvalue weighted by atomic mass is 79.9. The van der Waals surface area contributed by atoms with E-state index in [2.05, 4.69) is 20.9 Å². The Labute approximate surface area is 130 Å². The zero-order valence-electron chi connectivity index (χ0n) is 10.6. The molecule has 20 heavy (non-hydrogen) atoms. The molecule has 0 radical (unpaired) electrons. The fraction of sp³-hybridized carbons (Fsp3) is 0.267. The lowest BCUT2D eigenvalue weighted by Crippen LogP contribution is -2.04. The molecule has 0 spiro atoms. The molecule has 0 amide bonds. The minimum absolute atomic E-state index is 0.459. The van der Waals surface area contributed by atoms with E-state index in [4.69, 9.17) is 16.3 Å². The molecule has 0 saturated heterocycles. The second-order valence-corrected chi connectivity index (χ2v) is 6.16. The maximum absolute atomic E-state index is 10.4. The molecule has 1 atom stereocenters. The van der Waals surface area contributed by atoms with Crippen molar-refractivity contribution in [2.45, 2.75) is 18.9 Å². The molecule has 1 aromatic carbocycles. The van der Waals surface area contributed by atoms with Crippen molar-refractivity contribution < 1.29 is 9.84 Å². The number of rotatable bonds is 3. The summed E-state index contributed by atoms with van der Waals surface area (Å²) in [5.74, 6) is 0.872. The van der Waals surface area contributed by atoms with Gasteiger partial charge in [-0.2, -0.15) is 0 Å². The minimum Gasteiger partial charge on any atom is -0.493 e. The van der Waals surface area contributed by atoms with Gasteiger partial charge < -0.3 is 9.84 Å². The summed E-state index contributed by atoms with van der Waals surface area (Å²) in [5.41, 5.74) is 2.83. The van der Waals surface area contributed by atoms with Crippen LogP contribution in [0.1, 0.15) is 22.8 Å². The maximum atomic E-state index is 10.4. The van der Waals surface area contributed by atoms with Crippen molar-refractivity contribution in [3.05, 3.63) is 56.8 Å². The largest absolute Gasteiger partial charge is 0.493 e. The normalized spacial score (nSPS) is 14.8. The SMILES string of the molecule is OC(Cc1cc(Cl)cc2c1OCC2)c1cncc(Br)c1. The van der Waals surface area contributed by atoms with Crippen LogP contribution in [-0.2, 0) is 12.8 Å². The zero-order valence-corrected chi connectivity index (χ0v) is 13.0. The van der Waals surface area contributed by atoms with Gasteiger partial charge in [-0.05, 0) is 45.3 Å². The molecule has 1 N–H and O–H groups in total. The second-order valence-electron chi connectivity index (χ2n) is 4.81. The first-order chi connectivity index (χ1) is 9.63. The number of nitrogens with zero attached hydrogens (tertiary/aromatic N) is 1. The Hall–Kier alpha value is -1.10. The lowest BCUT2D eigenvalue weighted by atomic mass is 9.99. The van der Waals surface area contributed by atoms with Gasteiger partial charge in [-0.15, -0.1) is 0 Å². The maximum Gasteiger partial charge on any atom is 0.126 e. The van der Waals surface area contributed by atoms with Crippen LogP contribution in [0.15, 0.2) is 35.1 Å². The van der Waals surface area contributed by atoms with Crippen molar-refractivity contribution in [1.82, 2.24) is 4.98 Å². The Morgan fingerprint density at radius 2 is 2.20 bits per heavy atom. The van der Waals surface area contributed by atoms with Gasteiger partial charge in [-0.1, -0.05) is 11.6 Å².